The molecule has 0 aromatic heterocycles. The minimum Gasteiger partial charge on any atom is -0.405 e. The Bertz CT molecular complexity index is 207. The van der Waals surface area contributed by atoms with Gasteiger partial charge in [-0.25, -0.2) is 0 Å². The fourth-order valence-electron chi connectivity index (χ4n) is 0.984. The minimum atomic E-state index is 0.216. The summed E-state index contributed by atoms with van der Waals surface area (Å²) < 4.78 is 0. The largest absolute Gasteiger partial charge is 0.405 e. The summed E-state index contributed by atoms with van der Waals surface area (Å²) in [7, 11) is 0. The van der Waals surface area contributed by atoms with Gasteiger partial charge in [0.25, 0.3) is 0 Å². The van der Waals surface area contributed by atoms with E-state index in [1.165, 1.54) is 6.20 Å². The lowest BCUT2D eigenvalue weighted by molar-refractivity contribution is 0.577. The van der Waals surface area contributed by atoms with Crippen molar-refractivity contribution < 1.29 is 0 Å². The molecule has 0 aliphatic carbocycles. The molecule has 0 heterocycles. The van der Waals surface area contributed by atoms with Crippen LogP contribution in [0.3, 0.4) is 0 Å². The normalized spacial score (nSPS) is 12.2. The predicted octanol–water partition coefficient (Wildman–Crippen LogP) is 1.68. The van der Waals surface area contributed by atoms with E-state index in [0.717, 1.165) is 12.8 Å². The molecule has 0 aliphatic rings. The first-order chi connectivity index (χ1) is 5.85. The van der Waals surface area contributed by atoms with Gasteiger partial charge in [0.1, 0.15) is 0 Å². The maximum absolute atomic E-state index is 8.43. The molecule has 0 radical (unpaired) electrons. The average Bonchev–Trinajstić information content (AvgIpc) is 2.06. The van der Waals surface area contributed by atoms with Crippen LogP contribution in [0.25, 0.3) is 0 Å². The number of nitriles is 2. The molecule has 0 aliphatic heterocycles. The number of hydrogen-bond donors (Lipinski definition) is 1. The van der Waals surface area contributed by atoms with E-state index in [-0.39, 0.29) is 5.92 Å². The Hall–Kier alpha value is -1.48. The second-order valence-corrected chi connectivity index (χ2v) is 2.56. The van der Waals surface area contributed by atoms with Crippen LogP contribution in [-0.4, -0.2) is 0 Å². The van der Waals surface area contributed by atoms with Gasteiger partial charge in [0.05, 0.1) is 12.1 Å². The molecule has 12 heavy (non-hydrogen) atoms. The van der Waals surface area contributed by atoms with Crippen LogP contribution in [-0.2, 0) is 0 Å². The second-order valence-electron chi connectivity index (χ2n) is 2.56. The standard InChI is InChI=1S/C9H13N3/c10-6-2-1-3-9(4-7-11)5-8-12/h4,7,9H,1-3,5,11H2/b7-4-. The number of unbranched alkanes of at least 4 members (excludes halogenated alkanes) is 1. The van der Waals surface area contributed by atoms with Gasteiger partial charge in [-0.05, 0) is 25.0 Å². The molecule has 64 valence electrons. The van der Waals surface area contributed by atoms with Gasteiger partial charge in [-0.3, -0.25) is 0 Å². The molecule has 1 unspecified atom stereocenters. The number of nitrogens with two attached hydrogens (primary N) is 1. The van der Waals surface area contributed by atoms with E-state index < -0.39 is 0 Å². The SMILES string of the molecule is N#CCCCC(/C=C\N)CC#N. The van der Waals surface area contributed by atoms with Crippen molar-refractivity contribution >= 4 is 0 Å². The van der Waals surface area contributed by atoms with Crippen molar-refractivity contribution in [2.45, 2.75) is 25.7 Å². The van der Waals surface area contributed by atoms with Gasteiger partial charge in [-0.1, -0.05) is 6.08 Å². The quantitative estimate of drug-likeness (QED) is 0.626. The molecule has 0 aromatic rings. The Kier molecular flexibility index (Phi) is 6.68. The van der Waals surface area contributed by atoms with Gasteiger partial charge >= 0.3 is 0 Å². The van der Waals surface area contributed by atoms with Crippen molar-refractivity contribution in [1.29, 1.82) is 10.5 Å². The molecule has 0 saturated heterocycles. The summed E-state index contributed by atoms with van der Waals surface area (Å²) in [6.07, 6.45) is 6.04. The minimum absolute atomic E-state index is 0.216. The zero-order chi connectivity index (χ0) is 9.23. The van der Waals surface area contributed by atoms with Crippen LogP contribution >= 0.6 is 0 Å². The molecule has 0 rings (SSSR count). The molecular weight excluding hydrogens is 150 g/mol. The molecule has 0 amide bonds. The summed E-state index contributed by atoms with van der Waals surface area (Å²) in [4.78, 5) is 0. The van der Waals surface area contributed by atoms with Gasteiger partial charge < -0.3 is 5.73 Å². The fraction of sp³-hybridized carbons (Fsp3) is 0.556. The molecule has 0 fully saturated rings. The van der Waals surface area contributed by atoms with Crippen molar-refractivity contribution in [3.8, 4) is 12.1 Å². The van der Waals surface area contributed by atoms with Crippen LogP contribution in [0.15, 0.2) is 12.3 Å². The van der Waals surface area contributed by atoms with E-state index in [1.807, 2.05) is 6.08 Å². The maximum atomic E-state index is 8.43. The highest BCUT2D eigenvalue weighted by Crippen LogP contribution is 2.12. The van der Waals surface area contributed by atoms with Crippen LogP contribution in [0.5, 0.6) is 0 Å². The van der Waals surface area contributed by atoms with Gasteiger partial charge in [0, 0.05) is 12.8 Å². The zero-order valence-corrected chi connectivity index (χ0v) is 7.03. The highest BCUT2D eigenvalue weighted by Gasteiger charge is 2.02. The van der Waals surface area contributed by atoms with Gasteiger partial charge in [-0.15, -0.1) is 0 Å². The summed E-state index contributed by atoms with van der Waals surface area (Å²) in [5.41, 5.74) is 5.21. The number of nitrogens with zero attached hydrogens (tertiary/aromatic N) is 2. The molecular formula is C9H13N3. The van der Waals surface area contributed by atoms with Crippen molar-refractivity contribution in [3.63, 3.8) is 0 Å². The van der Waals surface area contributed by atoms with E-state index >= 15 is 0 Å². The molecule has 0 aromatic carbocycles. The highest BCUT2D eigenvalue weighted by atomic mass is 14.5. The third kappa shape index (κ3) is 5.32. The van der Waals surface area contributed by atoms with Crippen LogP contribution < -0.4 is 5.73 Å². The van der Waals surface area contributed by atoms with Gasteiger partial charge in [-0.2, -0.15) is 10.5 Å². The molecule has 2 N–H and O–H groups in total. The first-order valence-corrected chi connectivity index (χ1v) is 3.97. The van der Waals surface area contributed by atoms with Gasteiger partial charge in [0.15, 0.2) is 0 Å². The molecule has 0 bridgehead atoms. The Morgan fingerprint density at radius 3 is 2.58 bits per heavy atom. The van der Waals surface area contributed by atoms with Crippen molar-refractivity contribution in [2.24, 2.45) is 11.7 Å². The molecule has 0 saturated carbocycles. The fourth-order valence-corrected chi connectivity index (χ4v) is 0.984. The predicted molar refractivity (Wildman–Crippen MR) is 46.5 cm³/mol. The lowest BCUT2D eigenvalue weighted by Crippen LogP contribution is -1.96. The van der Waals surface area contributed by atoms with E-state index in [1.54, 1.807) is 0 Å². The lowest BCUT2D eigenvalue weighted by atomic mass is 9.99. The van der Waals surface area contributed by atoms with E-state index in [2.05, 4.69) is 12.1 Å². The Balaban J connectivity index is 3.66. The third-order valence-corrected chi connectivity index (χ3v) is 1.60. The monoisotopic (exact) mass is 163 g/mol. The first-order valence-electron chi connectivity index (χ1n) is 3.97. The molecule has 3 heteroatoms. The van der Waals surface area contributed by atoms with E-state index in [9.17, 15) is 0 Å². The Morgan fingerprint density at radius 1 is 1.33 bits per heavy atom. The summed E-state index contributed by atoms with van der Waals surface area (Å²) in [5, 5.41) is 16.7. The maximum Gasteiger partial charge on any atom is 0.0627 e. The summed E-state index contributed by atoms with van der Waals surface area (Å²) in [6, 6.07) is 4.16. The first kappa shape index (κ1) is 10.5. The van der Waals surface area contributed by atoms with Crippen LogP contribution in [0.2, 0.25) is 0 Å². The summed E-state index contributed by atoms with van der Waals surface area (Å²) in [6.45, 7) is 0. The summed E-state index contributed by atoms with van der Waals surface area (Å²) >= 11 is 0. The second kappa shape index (κ2) is 7.63. The molecule has 1 atom stereocenters. The molecule has 0 spiro atoms. The van der Waals surface area contributed by atoms with E-state index in [0.29, 0.717) is 12.8 Å². The summed E-state index contributed by atoms with van der Waals surface area (Å²) in [5.74, 6) is 0.216. The van der Waals surface area contributed by atoms with Crippen LogP contribution in [0.4, 0.5) is 0 Å². The van der Waals surface area contributed by atoms with Crippen molar-refractivity contribution in [2.75, 3.05) is 0 Å². The topological polar surface area (TPSA) is 73.6 Å². The van der Waals surface area contributed by atoms with Crippen LogP contribution in [0.1, 0.15) is 25.7 Å². The van der Waals surface area contributed by atoms with Crippen molar-refractivity contribution in [1.82, 2.24) is 0 Å². The zero-order valence-electron chi connectivity index (χ0n) is 7.03. The highest BCUT2D eigenvalue weighted by molar-refractivity contribution is 4.90. The Morgan fingerprint density at radius 2 is 2.08 bits per heavy atom. The smallest absolute Gasteiger partial charge is 0.0627 e. The van der Waals surface area contributed by atoms with Crippen molar-refractivity contribution in [3.05, 3.63) is 12.3 Å². The van der Waals surface area contributed by atoms with Crippen LogP contribution in [0, 0.1) is 28.6 Å². The number of hydrogen-bond acceptors (Lipinski definition) is 3. The lowest BCUT2D eigenvalue weighted by Gasteiger charge is -2.05. The number of rotatable bonds is 5. The molecule has 3 nitrogen and oxygen atoms in total. The van der Waals surface area contributed by atoms with Gasteiger partial charge in [0.2, 0.25) is 0 Å². The average molecular weight is 163 g/mol. The number of allylic oxidation sites excluding steroid dienone is 1. The van der Waals surface area contributed by atoms with E-state index in [4.69, 9.17) is 16.3 Å². The Labute approximate surface area is 73.1 Å². The third-order valence-electron chi connectivity index (χ3n) is 1.60.